The van der Waals surface area contributed by atoms with Crippen molar-refractivity contribution in [3.8, 4) is 0 Å². The molecular formula is C40H48N3O11S3+. The number of hydrogen-bond donors (Lipinski definition) is 5. The summed E-state index contributed by atoms with van der Waals surface area (Å²) >= 11 is 0. The zero-order valence-electron chi connectivity index (χ0n) is 31.9. The van der Waals surface area contributed by atoms with Crippen molar-refractivity contribution in [1.29, 1.82) is 0 Å². The molecule has 0 saturated heterocycles. The third-order valence-electron chi connectivity index (χ3n) is 10.5. The number of allylic oxidation sites excluding steroid dienone is 6. The van der Waals surface area contributed by atoms with E-state index in [9.17, 15) is 48.8 Å². The smallest absolute Gasteiger partial charge is 0.335 e. The number of nitrogen functional groups attached to an aromatic ring is 1. The molecule has 0 bridgehead atoms. The summed E-state index contributed by atoms with van der Waals surface area (Å²) in [6, 6.07) is 16.3. The van der Waals surface area contributed by atoms with Crippen LogP contribution in [0.5, 0.6) is 0 Å². The van der Waals surface area contributed by atoms with E-state index < -0.39 is 52.9 Å². The molecule has 2 aliphatic rings. The predicted molar refractivity (Wildman–Crippen MR) is 219 cm³/mol. The molecule has 306 valence electrons. The Hall–Kier alpha value is -4.65. The average Bonchev–Trinajstić information content (AvgIpc) is 3.45. The third kappa shape index (κ3) is 10.3. The Kier molecular flexibility index (Phi) is 12.7. The van der Waals surface area contributed by atoms with Crippen molar-refractivity contribution in [3.63, 3.8) is 0 Å². The number of hydrogen-bond acceptors (Lipinski definition) is 9. The van der Waals surface area contributed by atoms with E-state index in [4.69, 9.17) is 5.73 Å². The van der Waals surface area contributed by atoms with Crippen LogP contribution in [0.25, 0.3) is 0 Å². The van der Waals surface area contributed by atoms with Gasteiger partial charge in [-0.25, -0.2) is 4.79 Å². The molecule has 17 heteroatoms. The predicted octanol–water partition coefficient (Wildman–Crippen LogP) is 5.94. The van der Waals surface area contributed by atoms with Gasteiger partial charge in [-0.05, 0) is 106 Å². The van der Waals surface area contributed by atoms with Crippen molar-refractivity contribution < 1.29 is 53.4 Å². The maximum absolute atomic E-state index is 12.3. The molecule has 0 spiro atoms. The lowest BCUT2D eigenvalue weighted by atomic mass is 9.76. The molecule has 0 radical (unpaired) electrons. The molecule has 14 nitrogen and oxygen atoms in total. The minimum Gasteiger partial charge on any atom is -0.478 e. The van der Waals surface area contributed by atoms with Gasteiger partial charge in [0.05, 0.1) is 27.4 Å². The Morgan fingerprint density at radius 1 is 0.789 bits per heavy atom. The number of rotatable bonds is 17. The topological polar surface area (TPSA) is 233 Å². The summed E-state index contributed by atoms with van der Waals surface area (Å²) in [7, 11) is -12.9. The van der Waals surface area contributed by atoms with Gasteiger partial charge in [-0.2, -0.15) is 29.8 Å². The van der Waals surface area contributed by atoms with E-state index in [0.29, 0.717) is 49.3 Å². The van der Waals surface area contributed by atoms with Crippen LogP contribution in [0.1, 0.15) is 73.5 Å². The molecule has 1 unspecified atom stereocenters. The van der Waals surface area contributed by atoms with Crippen LogP contribution in [-0.4, -0.2) is 84.9 Å². The van der Waals surface area contributed by atoms with Crippen LogP contribution in [0, 0.1) is 0 Å². The summed E-state index contributed by atoms with van der Waals surface area (Å²) in [6.45, 7) is 6.85. The number of benzene rings is 3. The first-order valence-electron chi connectivity index (χ1n) is 18.2. The van der Waals surface area contributed by atoms with Gasteiger partial charge in [0, 0.05) is 53.2 Å². The van der Waals surface area contributed by atoms with Crippen molar-refractivity contribution in [2.45, 2.75) is 68.6 Å². The number of unbranched alkanes of at least 4 members (excludes halogenated alkanes) is 2. The molecule has 3 aromatic rings. The number of aromatic carboxylic acids is 1. The third-order valence-corrected chi connectivity index (χ3v) is 12.9. The SMILES string of the molecule is CC1(C)C(/C=C/C=C/C=C2/N(CCCCS(=O)(=O)O)c3ccc(S(=O)(=O)O)cc3C2(C)Cc2ccc(C(=O)O)cc2)=[N+](CCCCS(=O)(=O)O)c2ccc(N)cc21. The van der Waals surface area contributed by atoms with Gasteiger partial charge < -0.3 is 15.7 Å². The Balaban J connectivity index is 1.55. The fraction of sp³-hybridized carbons (Fsp3) is 0.350. The highest BCUT2D eigenvalue weighted by atomic mass is 32.2. The van der Waals surface area contributed by atoms with Crippen molar-refractivity contribution in [1.82, 2.24) is 0 Å². The van der Waals surface area contributed by atoms with E-state index in [1.165, 1.54) is 24.3 Å². The number of carboxylic acids is 1. The van der Waals surface area contributed by atoms with Gasteiger partial charge in [-0.1, -0.05) is 30.4 Å². The molecule has 0 aromatic heterocycles. The second-order valence-electron chi connectivity index (χ2n) is 15.0. The van der Waals surface area contributed by atoms with E-state index in [1.54, 1.807) is 18.2 Å². The van der Waals surface area contributed by atoms with Crippen molar-refractivity contribution >= 4 is 59.1 Å². The van der Waals surface area contributed by atoms with Gasteiger partial charge in [-0.3, -0.25) is 13.7 Å². The van der Waals surface area contributed by atoms with Gasteiger partial charge in [0.25, 0.3) is 30.4 Å². The average molecular weight is 843 g/mol. The summed E-state index contributed by atoms with van der Waals surface area (Å²) in [4.78, 5) is 13.2. The molecule has 6 N–H and O–H groups in total. The van der Waals surface area contributed by atoms with Crippen LogP contribution < -0.4 is 10.6 Å². The number of nitrogens with zero attached hydrogens (tertiary/aromatic N) is 2. The first-order chi connectivity index (χ1) is 26.5. The van der Waals surface area contributed by atoms with Crippen molar-refractivity contribution in [2.75, 3.05) is 35.2 Å². The van der Waals surface area contributed by atoms with Crippen LogP contribution in [-0.2, 0) is 47.6 Å². The fourth-order valence-electron chi connectivity index (χ4n) is 7.69. The second kappa shape index (κ2) is 16.7. The largest absolute Gasteiger partial charge is 0.478 e. The maximum Gasteiger partial charge on any atom is 0.335 e. The molecule has 2 aliphatic heterocycles. The molecule has 0 amide bonds. The van der Waals surface area contributed by atoms with Gasteiger partial charge in [-0.15, -0.1) is 0 Å². The fourth-order valence-corrected chi connectivity index (χ4v) is 9.34. The van der Waals surface area contributed by atoms with Crippen molar-refractivity contribution in [2.24, 2.45) is 0 Å². The number of carbonyl (C=O) groups is 1. The molecule has 5 rings (SSSR count). The Morgan fingerprint density at radius 3 is 2.05 bits per heavy atom. The Labute approximate surface area is 334 Å². The molecule has 1 atom stereocenters. The zero-order valence-corrected chi connectivity index (χ0v) is 34.3. The van der Waals surface area contributed by atoms with Gasteiger partial charge in [0.1, 0.15) is 6.54 Å². The lowest BCUT2D eigenvalue weighted by Crippen LogP contribution is -2.31. The summed E-state index contributed by atoms with van der Waals surface area (Å²) in [5.41, 5.74) is 11.1. The van der Waals surface area contributed by atoms with Gasteiger partial charge in [0.15, 0.2) is 5.71 Å². The van der Waals surface area contributed by atoms with Crippen LogP contribution in [0.15, 0.2) is 102 Å². The summed E-state index contributed by atoms with van der Waals surface area (Å²) in [6.07, 6.45) is 10.9. The van der Waals surface area contributed by atoms with E-state index >= 15 is 0 Å². The standard InChI is InChI=1S/C40H47N3O11S3/c1-39(2)32-25-30(41)17-19-34(32)42(21-7-9-23-55(46,47)48)36(39)11-5-4-6-12-37-40(3,27-28-13-15-29(16-14-28)38(44)45)33-26-31(57(52,53)54)18-20-35(33)43(37)22-8-10-24-56(49,50)51/h4-6,11-20,25-26H,7-10,21-24,27,41H2,1-3H3,(H3-,44,45,46,47,48,49,50,51,52,53,54)/p+1. The second-order valence-corrected chi connectivity index (χ2v) is 19.6. The van der Waals surface area contributed by atoms with Crippen LogP contribution in [0.2, 0.25) is 0 Å². The molecular weight excluding hydrogens is 795 g/mol. The quantitative estimate of drug-likeness (QED) is 0.0349. The normalized spacial score (nSPS) is 18.9. The lowest BCUT2D eigenvalue weighted by Gasteiger charge is -2.31. The van der Waals surface area contributed by atoms with Crippen molar-refractivity contribution in [3.05, 3.63) is 119 Å². The minimum atomic E-state index is -4.59. The lowest BCUT2D eigenvalue weighted by molar-refractivity contribution is -0.438. The highest BCUT2D eigenvalue weighted by Crippen LogP contribution is 2.50. The highest BCUT2D eigenvalue weighted by Gasteiger charge is 2.45. The van der Waals surface area contributed by atoms with E-state index in [-0.39, 0.29) is 29.1 Å². The zero-order chi connectivity index (χ0) is 42.0. The maximum atomic E-state index is 12.3. The molecule has 3 aromatic carbocycles. The van der Waals surface area contributed by atoms with Crippen LogP contribution in [0.4, 0.5) is 17.1 Å². The van der Waals surface area contributed by atoms with Gasteiger partial charge in [0.2, 0.25) is 5.69 Å². The summed E-state index contributed by atoms with van der Waals surface area (Å²) < 4.78 is 101. The molecule has 57 heavy (non-hydrogen) atoms. The van der Waals surface area contributed by atoms with Crippen LogP contribution >= 0.6 is 0 Å². The Morgan fingerprint density at radius 2 is 1.44 bits per heavy atom. The highest BCUT2D eigenvalue weighted by molar-refractivity contribution is 7.86. The molecule has 0 fully saturated rings. The first-order valence-corrected chi connectivity index (χ1v) is 22.9. The minimum absolute atomic E-state index is 0.0990. The summed E-state index contributed by atoms with van der Waals surface area (Å²) in [5, 5.41) is 9.46. The number of anilines is 2. The number of carboxylic acid groups (broad SMARTS) is 1. The van der Waals surface area contributed by atoms with Crippen LogP contribution in [0.3, 0.4) is 0 Å². The first kappa shape index (κ1) is 43.5. The van der Waals surface area contributed by atoms with E-state index in [0.717, 1.165) is 28.2 Å². The molecule has 0 saturated carbocycles. The monoisotopic (exact) mass is 842 g/mol. The number of fused-ring (bicyclic) bond motifs is 2. The van der Waals surface area contributed by atoms with E-state index in [1.807, 2.05) is 60.4 Å². The van der Waals surface area contributed by atoms with E-state index in [2.05, 4.69) is 18.4 Å². The summed E-state index contributed by atoms with van der Waals surface area (Å²) in [5.74, 6) is -1.86. The molecule has 2 heterocycles. The number of nitrogens with two attached hydrogens (primary N) is 1. The Bertz CT molecular complexity index is 2510. The molecule has 0 aliphatic carbocycles. The van der Waals surface area contributed by atoms with Gasteiger partial charge >= 0.3 is 5.97 Å².